The van der Waals surface area contributed by atoms with Gasteiger partial charge in [-0.3, -0.25) is 4.79 Å². The molecule has 1 saturated heterocycles. The van der Waals surface area contributed by atoms with Gasteiger partial charge in [0, 0.05) is 40.8 Å². The molecule has 2 aromatic carbocycles. The monoisotopic (exact) mass is 492 g/mol. The molecule has 7 heteroatoms. The fourth-order valence-electron chi connectivity index (χ4n) is 4.21. The van der Waals surface area contributed by atoms with Crippen LogP contribution in [0.3, 0.4) is 0 Å². The highest BCUT2D eigenvalue weighted by Gasteiger charge is 2.31. The fraction of sp³-hybridized carbons (Fsp3) is 0.458. The number of rotatable bonds is 4. The van der Waals surface area contributed by atoms with E-state index in [4.69, 9.17) is 18.9 Å². The Morgan fingerprint density at radius 1 is 1.23 bits per heavy atom. The van der Waals surface area contributed by atoms with Crippen LogP contribution >= 0.6 is 15.9 Å². The largest absolute Gasteiger partial charge is 0.492 e. The summed E-state index contributed by atoms with van der Waals surface area (Å²) in [4.78, 5) is 11.5. The Morgan fingerprint density at radius 2 is 2.03 bits per heavy atom. The Morgan fingerprint density at radius 3 is 2.74 bits per heavy atom. The van der Waals surface area contributed by atoms with Crippen LogP contribution < -0.4 is 9.47 Å². The molecule has 2 aliphatic heterocycles. The van der Waals surface area contributed by atoms with E-state index >= 15 is 0 Å². The third-order valence-electron chi connectivity index (χ3n) is 5.84. The second-order valence-electron chi connectivity index (χ2n) is 7.87. The van der Waals surface area contributed by atoms with Crippen LogP contribution in [0.2, 0.25) is 0 Å². The van der Waals surface area contributed by atoms with Crippen molar-refractivity contribution in [3.05, 3.63) is 57.3 Å². The standard InChI is InChI=1S/C20H18BrFO4.C4H8O/c1-24-19(23)8-11-10-25-18-9-12(2-3-13(11)18)26-17-7-4-14-15(21)5-6-16(22)20(14)17;1-2-4-5-3-1/h2-3,5-6,9,11,17H,4,7-8,10H2,1H3;1-4H2/t11-,17-;/m1./s1. The Kier molecular flexibility index (Phi) is 7.13. The molecule has 0 aromatic heterocycles. The molecule has 2 aromatic rings. The Labute approximate surface area is 190 Å². The molecule has 0 spiro atoms. The van der Waals surface area contributed by atoms with Crippen LogP contribution in [0.25, 0.3) is 0 Å². The second kappa shape index (κ2) is 10.0. The summed E-state index contributed by atoms with van der Waals surface area (Å²) in [7, 11) is 1.38. The normalized spacial score (nSPS) is 20.9. The summed E-state index contributed by atoms with van der Waals surface area (Å²) in [6, 6.07) is 8.79. The van der Waals surface area contributed by atoms with Gasteiger partial charge in [0.1, 0.15) is 23.4 Å². The van der Waals surface area contributed by atoms with Gasteiger partial charge in [-0.1, -0.05) is 22.0 Å². The summed E-state index contributed by atoms with van der Waals surface area (Å²) >= 11 is 3.49. The molecule has 0 amide bonds. The highest BCUT2D eigenvalue weighted by Crippen LogP contribution is 2.43. The quantitative estimate of drug-likeness (QED) is 0.528. The van der Waals surface area contributed by atoms with Gasteiger partial charge in [-0.15, -0.1) is 0 Å². The number of hydrogen-bond acceptors (Lipinski definition) is 5. The number of benzene rings is 2. The average molecular weight is 493 g/mol. The van der Waals surface area contributed by atoms with Crippen molar-refractivity contribution < 1.29 is 28.1 Å². The van der Waals surface area contributed by atoms with E-state index in [0.717, 1.165) is 41.7 Å². The van der Waals surface area contributed by atoms with Crippen LogP contribution in [0.15, 0.2) is 34.8 Å². The lowest BCUT2D eigenvalue weighted by molar-refractivity contribution is -0.141. The van der Waals surface area contributed by atoms with Crippen LogP contribution in [0, 0.1) is 5.82 Å². The first kappa shape index (κ1) is 22.1. The van der Waals surface area contributed by atoms with Gasteiger partial charge in [-0.2, -0.15) is 0 Å². The predicted octanol–water partition coefficient (Wildman–Crippen LogP) is 5.49. The van der Waals surface area contributed by atoms with Crippen LogP contribution in [0.1, 0.15) is 54.4 Å². The molecule has 5 nitrogen and oxygen atoms in total. The minimum absolute atomic E-state index is 0.00731. The Hall–Kier alpha value is -2.12. The van der Waals surface area contributed by atoms with E-state index < -0.39 is 0 Å². The molecule has 2 atom stereocenters. The first-order valence-corrected chi connectivity index (χ1v) is 11.4. The summed E-state index contributed by atoms with van der Waals surface area (Å²) in [5.74, 6) is 0.854. The maximum absolute atomic E-state index is 14.3. The van der Waals surface area contributed by atoms with Crippen molar-refractivity contribution in [2.24, 2.45) is 0 Å². The molecule has 166 valence electrons. The van der Waals surface area contributed by atoms with Crippen molar-refractivity contribution in [3.63, 3.8) is 0 Å². The highest BCUT2D eigenvalue weighted by molar-refractivity contribution is 9.10. The maximum Gasteiger partial charge on any atom is 0.306 e. The maximum atomic E-state index is 14.3. The van der Waals surface area contributed by atoms with E-state index in [0.29, 0.717) is 30.1 Å². The molecule has 0 unspecified atom stereocenters. The molecule has 1 fully saturated rings. The summed E-state index contributed by atoms with van der Waals surface area (Å²) in [6.07, 6.45) is 4.05. The molecule has 2 heterocycles. The minimum Gasteiger partial charge on any atom is -0.492 e. The first-order valence-electron chi connectivity index (χ1n) is 10.6. The zero-order chi connectivity index (χ0) is 21.8. The van der Waals surface area contributed by atoms with Gasteiger partial charge in [-0.05, 0) is 49.4 Å². The van der Waals surface area contributed by atoms with Crippen molar-refractivity contribution in [1.29, 1.82) is 0 Å². The van der Waals surface area contributed by atoms with Crippen molar-refractivity contribution in [1.82, 2.24) is 0 Å². The van der Waals surface area contributed by atoms with Crippen molar-refractivity contribution >= 4 is 21.9 Å². The van der Waals surface area contributed by atoms with Crippen LogP contribution in [0.4, 0.5) is 4.39 Å². The van der Waals surface area contributed by atoms with E-state index in [1.54, 1.807) is 6.07 Å². The zero-order valence-electron chi connectivity index (χ0n) is 17.5. The number of carbonyl (C=O) groups excluding carboxylic acids is 1. The summed E-state index contributed by atoms with van der Waals surface area (Å²) in [5.41, 5.74) is 2.58. The summed E-state index contributed by atoms with van der Waals surface area (Å²) in [6.45, 7) is 2.45. The van der Waals surface area contributed by atoms with Crippen LogP contribution in [-0.4, -0.2) is 32.9 Å². The van der Waals surface area contributed by atoms with E-state index in [9.17, 15) is 9.18 Å². The summed E-state index contributed by atoms with van der Waals surface area (Å²) < 4.78 is 36.7. The lowest BCUT2D eigenvalue weighted by Gasteiger charge is -2.16. The van der Waals surface area contributed by atoms with Crippen LogP contribution in [-0.2, 0) is 20.7 Å². The molecule has 0 radical (unpaired) electrons. The predicted molar refractivity (Wildman–Crippen MR) is 117 cm³/mol. The van der Waals surface area contributed by atoms with Gasteiger partial charge >= 0.3 is 5.97 Å². The van der Waals surface area contributed by atoms with Gasteiger partial charge < -0.3 is 18.9 Å². The molecule has 5 rings (SSSR count). The number of carbonyl (C=O) groups is 1. The van der Waals surface area contributed by atoms with E-state index in [-0.39, 0.29) is 23.8 Å². The lowest BCUT2D eigenvalue weighted by Crippen LogP contribution is -2.09. The minimum atomic E-state index is -0.312. The number of esters is 1. The smallest absolute Gasteiger partial charge is 0.306 e. The van der Waals surface area contributed by atoms with Crippen molar-refractivity contribution in [2.75, 3.05) is 26.9 Å². The zero-order valence-corrected chi connectivity index (χ0v) is 19.1. The molecule has 0 N–H and O–H groups in total. The van der Waals surface area contributed by atoms with Gasteiger partial charge in [0.05, 0.1) is 20.1 Å². The van der Waals surface area contributed by atoms with Crippen molar-refractivity contribution in [2.45, 2.75) is 44.1 Å². The molecular weight excluding hydrogens is 467 g/mol. The Balaban J connectivity index is 0.000000407. The van der Waals surface area contributed by atoms with Gasteiger partial charge in [-0.25, -0.2) is 4.39 Å². The molecule has 0 saturated carbocycles. The number of hydrogen-bond donors (Lipinski definition) is 0. The van der Waals surface area contributed by atoms with E-state index in [1.807, 2.05) is 18.2 Å². The van der Waals surface area contributed by atoms with E-state index in [1.165, 1.54) is 26.0 Å². The van der Waals surface area contributed by atoms with Gasteiger partial charge in [0.15, 0.2) is 0 Å². The fourth-order valence-corrected chi connectivity index (χ4v) is 4.75. The summed E-state index contributed by atoms with van der Waals surface area (Å²) in [5, 5.41) is 0. The molecule has 1 aliphatic carbocycles. The lowest BCUT2D eigenvalue weighted by atomic mass is 9.98. The Bertz CT molecular complexity index is 936. The van der Waals surface area contributed by atoms with Gasteiger partial charge in [0.2, 0.25) is 0 Å². The van der Waals surface area contributed by atoms with Crippen LogP contribution in [0.5, 0.6) is 11.5 Å². The topological polar surface area (TPSA) is 54.0 Å². The molecule has 31 heavy (non-hydrogen) atoms. The first-order chi connectivity index (χ1) is 15.1. The SMILES string of the molecule is C1CCOC1.COC(=O)C[C@@H]1COc2cc(O[C@@H]3CCc4c(Br)ccc(F)c43)ccc21. The third-order valence-corrected chi connectivity index (χ3v) is 6.58. The average Bonchev–Trinajstić information content (AvgIpc) is 3.54. The molecule has 0 bridgehead atoms. The molecular formula is C24H26BrFO5. The van der Waals surface area contributed by atoms with Crippen molar-refractivity contribution in [3.8, 4) is 11.5 Å². The number of halogens is 2. The van der Waals surface area contributed by atoms with Gasteiger partial charge in [0.25, 0.3) is 0 Å². The number of methoxy groups -OCH3 is 1. The molecule has 3 aliphatic rings. The number of fused-ring (bicyclic) bond motifs is 2. The second-order valence-corrected chi connectivity index (χ2v) is 8.73. The highest BCUT2D eigenvalue weighted by atomic mass is 79.9. The third kappa shape index (κ3) is 5.04. The van der Waals surface area contributed by atoms with E-state index in [2.05, 4.69) is 15.9 Å². The number of ether oxygens (including phenoxy) is 4.